The van der Waals surface area contributed by atoms with Gasteiger partial charge in [-0.1, -0.05) is 18.2 Å². The van der Waals surface area contributed by atoms with Gasteiger partial charge in [-0.25, -0.2) is 0 Å². The van der Waals surface area contributed by atoms with Gasteiger partial charge in [0.05, 0.1) is 12.5 Å². The van der Waals surface area contributed by atoms with Crippen molar-refractivity contribution in [1.29, 1.82) is 0 Å². The summed E-state index contributed by atoms with van der Waals surface area (Å²) in [5.41, 5.74) is 2.23. The Hall–Kier alpha value is -2.27. The largest absolute Gasteiger partial charge is 0.487 e. The molecule has 5 nitrogen and oxygen atoms in total. The summed E-state index contributed by atoms with van der Waals surface area (Å²) in [6, 6.07) is 10.2. The summed E-state index contributed by atoms with van der Waals surface area (Å²) in [6.07, 6.45) is 6.96. The number of benzene rings is 1. The number of likely N-dealkylation sites (tertiary alicyclic amines) is 1. The standard InChI is InChI=1S/C21H26N2O3/c1-22-20(24)12-17-13-21(26-19-5-3-2-4-18(17)19)7-9-23(10-8-21)14-16-6-11-25-15-16/h2-6,11,15,17H,7-10,12-14H2,1H3,(H,22,24). The molecule has 1 aromatic carbocycles. The number of piperidine rings is 1. The first-order chi connectivity index (χ1) is 12.7. The number of furan rings is 1. The lowest BCUT2D eigenvalue weighted by atomic mass is 9.76. The van der Waals surface area contributed by atoms with E-state index in [4.69, 9.17) is 9.15 Å². The molecule has 1 amide bonds. The van der Waals surface area contributed by atoms with E-state index < -0.39 is 0 Å². The van der Waals surface area contributed by atoms with Gasteiger partial charge in [0.15, 0.2) is 0 Å². The molecule has 1 fully saturated rings. The molecule has 5 heteroatoms. The van der Waals surface area contributed by atoms with Crippen molar-refractivity contribution in [3.63, 3.8) is 0 Å². The van der Waals surface area contributed by atoms with E-state index in [1.54, 1.807) is 13.3 Å². The first-order valence-corrected chi connectivity index (χ1v) is 9.39. The van der Waals surface area contributed by atoms with E-state index in [0.29, 0.717) is 6.42 Å². The number of amides is 1. The van der Waals surface area contributed by atoms with Crippen LogP contribution in [-0.2, 0) is 11.3 Å². The summed E-state index contributed by atoms with van der Waals surface area (Å²) in [5, 5.41) is 2.77. The van der Waals surface area contributed by atoms with Crippen LogP contribution in [0, 0.1) is 0 Å². The van der Waals surface area contributed by atoms with Gasteiger partial charge in [0, 0.05) is 44.6 Å². The van der Waals surface area contributed by atoms with E-state index in [0.717, 1.165) is 44.6 Å². The van der Waals surface area contributed by atoms with Crippen LogP contribution in [0.25, 0.3) is 0 Å². The normalized spacial score (nSPS) is 21.8. The van der Waals surface area contributed by atoms with Gasteiger partial charge >= 0.3 is 0 Å². The molecule has 1 aromatic heterocycles. The number of carbonyl (C=O) groups excluding carboxylic acids is 1. The highest BCUT2D eigenvalue weighted by atomic mass is 16.5. The second-order valence-electron chi connectivity index (χ2n) is 7.51. The highest BCUT2D eigenvalue weighted by molar-refractivity contribution is 5.76. The monoisotopic (exact) mass is 354 g/mol. The van der Waals surface area contributed by atoms with Crippen LogP contribution in [0.3, 0.4) is 0 Å². The second-order valence-corrected chi connectivity index (χ2v) is 7.51. The third-order valence-corrected chi connectivity index (χ3v) is 5.77. The van der Waals surface area contributed by atoms with Crippen LogP contribution in [0.15, 0.2) is 47.3 Å². The fourth-order valence-corrected chi connectivity index (χ4v) is 4.32. The number of para-hydroxylation sites is 1. The third-order valence-electron chi connectivity index (χ3n) is 5.77. The van der Waals surface area contributed by atoms with Crippen molar-refractivity contribution >= 4 is 5.91 Å². The maximum atomic E-state index is 12.0. The molecule has 1 atom stereocenters. The maximum absolute atomic E-state index is 12.0. The summed E-state index contributed by atoms with van der Waals surface area (Å²) >= 11 is 0. The van der Waals surface area contributed by atoms with Gasteiger partial charge in [0.25, 0.3) is 0 Å². The van der Waals surface area contributed by atoms with Gasteiger partial charge in [0.2, 0.25) is 5.91 Å². The number of nitrogens with one attached hydrogen (secondary N) is 1. The molecule has 0 bridgehead atoms. The SMILES string of the molecule is CNC(=O)CC1CC2(CCN(Cc3ccoc3)CC2)Oc2ccccc21. The maximum Gasteiger partial charge on any atom is 0.220 e. The lowest BCUT2D eigenvalue weighted by Gasteiger charge is -2.47. The Morgan fingerprint density at radius 2 is 2.08 bits per heavy atom. The van der Waals surface area contributed by atoms with Crippen LogP contribution < -0.4 is 10.1 Å². The minimum atomic E-state index is -0.153. The predicted octanol–water partition coefficient (Wildman–Crippen LogP) is 3.32. The Bertz CT molecular complexity index is 748. The molecule has 4 rings (SSSR count). The summed E-state index contributed by atoms with van der Waals surface area (Å²) < 4.78 is 11.7. The van der Waals surface area contributed by atoms with Crippen molar-refractivity contribution in [3.8, 4) is 5.75 Å². The fraction of sp³-hybridized carbons (Fsp3) is 0.476. The van der Waals surface area contributed by atoms with Crippen LogP contribution in [0.5, 0.6) is 5.75 Å². The van der Waals surface area contributed by atoms with Gasteiger partial charge in [-0.2, -0.15) is 0 Å². The minimum Gasteiger partial charge on any atom is -0.487 e. The fourth-order valence-electron chi connectivity index (χ4n) is 4.32. The first kappa shape index (κ1) is 17.2. The van der Waals surface area contributed by atoms with E-state index in [2.05, 4.69) is 16.3 Å². The van der Waals surface area contributed by atoms with Crippen molar-refractivity contribution in [2.75, 3.05) is 20.1 Å². The zero-order valence-electron chi connectivity index (χ0n) is 15.2. The molecule has 0 aliphatic carbocycles. The van der Waals surface area contributed by atoms with E-state index in [9.17, 15) is 4.79 Å². The summed E-state index contributed by atoms with van der Waals surface area (Å²) in [4.78, 5) is 14.5. The summed E-state index contributed by atoms with van der Waals surface area (Å²) in [5.74, 6) is 1.27. The summed E-state index contributed by atoms with van der Waals surface area (Å²) in [7, 11) is 1.71. The van der Waals surface area contributed by atoms with Crippen molar-refractivity contribution in [1.82, 2.24) is 10.2 Å². The van der Waals surface area contributed by atoms with E-state index >= 15 is 0 Å². The summed E-state index contributed by atoms with van der Waals surface area (Å²) in [6.45, 7) is 2.92. The molecule has 2 aliphatic heterocycles. The van der Waals surface area contributed by atoms with E-state index in [-0.39, 0.29) is 17.4 Å². The average molecular weight is 354 g/mol. The van der Waals surface area contributed by atoms with Gasteiger partial charge < -0.3 is 14.5 Å². The van der Waals surface area contributed by atoms with Crippen molar-refractivity contribution in [3.05, 3.63) is 54.0 Å². The Morgan fingerprint density at radius 3 is 2.81 bits per heavy atom. The number of hydrogen-bond acceptors (Lipinski definition) is 4. The molecule has 26 heavy (non-hydrogen) atoms. The minimum absolute atomic E-state index is 0.0965. The molecular weight excluding hydrogens is 328 g/mol. The topological polar surface area (TPSA) is 54.7 Å². The number of fused-ring (bicyclic) bond motifs is 1. The molecule has 1 saturated heterocycles. The van der Waals surface area contributed by atoms with Crippen molar-refractivity contribution in [2.24, 2.45) is 0 Å². The molecule has 2 aliphatic rings. The van der Waals surface area contributed by atoms with Gasteiger partial charge in [-0.15, -0.1) is 0 Å². The Balaban J connectivity index is 1.48. The quantitative estimate of drug-likeness (QED) is 0.915. The Morgan fingerprint density at radius 1 is 1.27 bits per heavy atom. The van der Waals surface area contributed by atoms with E-state index in [1.165, 1.54) is 11.1 Å². The predicted molar refractivity (Wildman–Crippen MR) is 99.1 cm³/mol. The molecule has 138 valence electrons. The molecule has 3 heterocycles. The van der Waals surface area contributed by atoms with Crippen molar-refractivity contribution in [2.45, 2.75) is 43.7 Å². The third kappa shape index (κ3) is 3.49. The van der Waals surface area contributed by atoms with Gasteiger partial charge in [0.1, 0.15) is 11.4 Å². The van der Waals surface area contributed by atoms with Crippen LogP contribution in [0.4, 0.5) is 0 Å². The first-order valence-electron chi connectivity index (χ1n) is 9.39. The molecule has 2 aromatic rings. The Labute approximate surface area is 154 Å². The van der Waals surface area contributed by atoms with Gasteiger partial charge in [-0.3, -0.25) is 9.69 Å². The number of hydrogen-bond donors (Lipinski definition) is 1. The lowest BCUT2D eigenvalue weighted by molar-refractivity contribution is -0.121. The lowest BCUT2D eigenvalue weighted by Crippen LogP contribution is -2.50. The number of carbonyl (C=O) groups is 1. The van der Waals surface area contributed by atoms with Crippen LogP contribution in [0.2, 0.25) is 0 Å². The second kappa shape index (κ2) is 7.16. The number of rotatable bonds is 4. The molecule has 1 N–H and O–H groups in total. The number of nitrogens with zero attached hydrogens (tertiary/aromatic N) is 1. The zero-order valence-corrected chi connectivity index (χ0v) is 15.2. The Kier molecular flexibility index (Phi) is 4.72. The van der Waals surface area contributed by atoms with Crippen LogP contribution >= 0.6 is 0 Å². The number of ether oxygens (including phenoxy) is 1. The van der Waals surface area contributed by atoms with E-state index in [1.807, 2.05) is 30.5 Å². The highest BCUT2D eigenvalue weighted by Crippen LogP contribution is 2.46. The highest BCUT2D eigenvalue weighted by Gasteiger charge is 2.43. The molecule has 1 spiro atoms. The molecule has 0 radical (unpaired) electrons. The molecule has 1 unspecified atom stereocenters. The van der Waals surface area contributed by atoms with Crippen LogP contribution in [0.1, 0.15) is 42.7 Å². The van der Waals surface area contributed by atoms with Gasteiger partial charge in [-0.05, 0) is 37.0 Å². The smallest absolute Gasteiger partial charge is 0.220 e. The molecular formula is C21H26N2O3. The van der Waals surface area contributed by atoms with Crippen molar-refractivity contribution < 1.29 is 13.9 Å². The average Bonchev–Trinajstić information content (AvgIpc) is 3.17. The zero-order chi connectivity index (χ0) is 18.0. The van der Waals surface area contributed by atoms with Crippen LogP contribution in [-0.4, -0.2) is 36.5 Å². The molecule has 0 saturated carbocycles.